The van der Waals surface area contributed by atoms with Gasteiger partial charge >= 0.3 is 5.97 Å². The van der Waals surface area contributed by atoms with Crippen molar-refractivity contribution < 1.29 is 67.7 Å². The van der Waals surface area contributed by atoms with Crippen molar-refractivity contribution >= 4 is 29.2 Å². The molecule has 3 aliphatic heterocycles. The number of aliphatic hydroxyl groups is 3. The van der Waals surface area contributed by atoms with Crippen molar-refractivity contribution in [2.75, 3.05) is 41.1 Å². The van der Waals surface area contributed by atoms with E-state index in [2.05, 4.69) is 0 Å². The number of piperidine rings is 1. The largest absolute Gasteiger partial charge is 0.460 e. The Hall–Kier alpha value is -3.41. The summed E-state index contributed by atoms with van der Waals surface area (Å²) in [5, 5.41) is 34.0. The minimum atomic E-state index is -2.46. The lowest BCUT2D eigenvalue weighted by Crippen LogP contribution is -2.61. The first-order valence-electron chi connectivity index (χ1n) is 25.0. The molecule has 0 unspecified atom stereocenters. The Labute approximate surface area is 405 Å². The maximum atomic E-state index is 14.4. The van der Waals surface area contributed by atoms with E-state index < -0.39 is 83.9 Å². The van der Waals surface area contributed by atoms with Crippen LogP contribution in [0.25, 0.3) is 0 Å². The molecule has 2 saturated heterocycles. The Morgan fingerprint density at radius 2 is 1.59 bits per heavy atom. The number of allylic oxidation sites excluding steroid dienone is 6. The first-order valence-corrected chi connectivity index (χ1v) is 25.0. The van der Waals surface area contributed by atoms with Crippen molar-refractivity contribution in [2.45, 2.75) is 180 Å². The van der Waals surface area contributed by atoms with E-state index in [-0.39, 0.29) is 67.8 Å². The van der Waals surface area contributed by atoms with E-state index in [0.717, 1.165) is 12.0 Å². The third-order valence-corrected chi connectivity index (χ3v) is 14.8. The smallest absolute Gasteiger partial charge is 0.329 e. The fourth-order valence-electron chi connectivity index (χ4n) is 10.3. The van der Waals surface area contributed by atoms with Gasteiger partial charge in [-0.1, -0.05) is 71.1 Å². The molecule has 15 nitrogen and oxygen atoms in total. The third-order valence-electron chi connectivity index (χ3n) is 14.8. The zero-order chi connectivity index (χ0) is 50.3. The van der Waals surface area contributed by atoms with Gasteiger partial charge in [0.2, 0.25) is 5.79 Å². The second-order valence-electron chi connectivity index (χ2n) is 20.2. The number of ether oxygens (including phenoxy) is 6. The molecular weight excluding hydrogens is 875 g/mol. The number of Topliss-reactive ketones (excluding diaryl/α,β-unsaturated/α-hetero) is 3. The summed E-state index contributed by atoms with van der Waals surface area (Å²) in [6.45, 7) is 13.4. The predicted octanol–water partition coefficient (Wildman–Crippen LogP) is 6.20. The van der Waals surface area contributed by atoms with E-state index in [4.69, 9.17) is 28.4 Å². The van der Waals surface area contributed by atoms with Crippen LogP contribution in [0.4, 0.5) is 0 Å². The van der Waals surface area contributed by atoms with Crippen LogP contribution < -0.4 is 0 Å². The normalized spacial score (nSPS) is 37.9. The van der Waals surface area contributed by atoms with Crippen LogP contribution >= 0.6 is 0 Å². The number of nitrogens with zero attached hydrogens (tertiary/aromatic N) is 1. The molecule has 3 heterocycles. The number of carbonyl (C=O) groups is 5. The zero-order valence-corrected chi connectivity index (χ0v) is 42.4. The molecule has 0 spiro atoms. The number of carbonyl (C=O) groups excluding carboxylic acids is 5. The van der Waals surface area contributed by atoms with E-state index in [1.807, 2.05) is 58.1 Å². The van der Waals surface area contributed by atoms with E-state index in [0.29, 0.717) is 63.5 Å². The van der Waals surface area contributed by atoms with Gasteiger partial charge in [-0.2, -0.15) is 0 Å². The van der Waals surface area contributed by atoms with Crippen molar-refractivity contribution in [3.63, 3.8) is 0 Å². The second-order valence-corrected chi connectivity index (χ2v) is 20.2. The molecule has 384 valence electrons. The van der Waals surface area contributed by atoms with Crippen molar-refractivity contribution in [1.29, 1.82) is 0 Å². The Morgan fingerprint density at radius 1 is 0.853 bits per heavy atom. The minimum Gasteiger partial charge on any atom is -0.460 e. The number of hydrogen-bond acceptors (Lipinski definition) is 14. The van der Waals surface area contributed by atoms with Crippen LogP contribution in [0.15, 0.2) is 47.6 Å². The summed E-state index contributed by atoms with van der Waals surface area (Å²) in [7, 11) is 4.52. The molecule has 1 saturated carbocycles. The average Bonchev–Trinajstić information content (AvgIpc) is 3.31. The van der Waals surface area contributed by atoms with Crippen molar-refractivity contribution in [2.24, 2.45) is 35.5 Å². The number of methoxy groups -OCH3 is 3. The molecule has 3 N–H and O–H groups in total. The fraction of sp³-hybridized carbons (Fsp3) is 0.755. The lowest BCUT2D eigenvalue weighted by Gasteiger charge is -2.43. The van der Waals surface area contributed by atoms with Crippen molar-refractivity contribution in [3.05, 3.63) is 47.6 Å². The molecule has 15 heteroatoms. The number of fused-ring (bicyclic) bond motifs is 3. The van der Waals surface area contributed by atoms with Crippen LogP contribution in [0, 0.1) is 35.5 Å². The molecule has 0 aromatic carbocycles. The lowest BCUT2D eigenvalue weighted by atomic mass is 9.78. The Morgan fingerprint density at radius 3 is 2.28 bits per heavy atom. The van der Waals surface area contributed by atoms with Gasteiger partial charge in [0.1, 0.15) is 30.1 Å². The second kappa shape index (κ2) is 27.3. The quantitative estimate of drug-likeness (QED) is 0.102. The summed E-state index contributed by atoms with van der Waals surface area (Å²) in [4.78, 5) is 72.2. The highest BCUT2D eigenvalue weighted by atomic mass is 16.6. The van der Waals surface area contributed by atoms with Gasteiger partial charge in [-0.3, -0.25) is 19.2 Å². The standard InChI is InChI=1S/C53H83NO14/c1-32-16-12-11-13-17-33(2)44(66-25-24-63-8)30-40-21-19-38(7)53(62,68-40)50(59)51(60)54-23-15-14-18-41(54)52(61)67-45(35(4)28-39-20-22-42(55)46(29-39)64-9)31-43(56)34(3)27-37(6)48(58)49(65-10)47(57)36(5)26-32/h11-13,16-17,27,32,34-36,38-42,44-46,48-49,55,58,62H,14-15,18-26,28-31H2,1-10H3/b13-11?,16-12+,33-17?,37-27+/t32-,34-,35-,36-,38-,39+,40+,41+,42-,44+,45+,46-,48-,49+,53-/m1/s1. The third kappa shape index (κ3) is 15.5. The highest BCUT2D eigenvalue weighted by molar-refractivity contribution is 6.39. The summed E-state index contributed by atoms with van der Waals surface area (Å²) in [6, 6.07) is -1.15. The van der Waals surface area contributed by atoms with Gasteiger partial charge in [-0.05, 0) is 107 Å². The summed E-state index contributed by atoms with van der Waals surface area (Å²) >= 11 is 0. The molecule has 1 aliphatic carbocycles. The predicted molar refractivity (Wildman–Crippen MR) is 256 cm³/mol. The van der Waals surface area contributed by atoms with Gasteiger partial charge in [-0.25, -0.2) is 4.79 Å². The fourth-order valence-corrected chi connectivity index (χ4v) is 10.3. The van der Waals surface area contributed by atoms with Crippen LogP contribution in [0.1, 0.15) is 126 Å². The number of amides is 1. The molecule has 0 radical (unpaired) electrons. The number of esters is 1. The Kier molecular flexibility index (Phi) is 22.9. The minimum absolute atomic E-state index is 0.00394. The van der Waals surface area contributed by atoms with Crippen molar-refractivity contribution in [3.8, 4) is 0 Å². The van der Waals surface area contributed by atoms with Gasteiger partial charge in [-0.15, -0.1) is 0 Å². The average molecular weight is 958 g/mol. The van der Waals surface area contributed by atoms with Gasteiger partial charge < -0.3 is 48.6 Å². The van der Waals surface area contributed by atoms with E-state index in [9.17, 15) is 39.3 Å². The zero-order valence-electron chi connectivity index (χ0n) is 42.4. The topological polar surface area (TPSA) is 205 Å². The highest BCUT2D eigenvalue weighted by Crippen LogP contribution is 2.38. The highest BCUT2D eigenvalue weighted by Gasteiger charge is 2.53. The summed E-state index contributed by atoms with van der Waals surface area (Å²) in [6.07, 6.45) is 10.9. The number of aliphatic hydroxyl groups excluding tert-OH is 2. The first kappa shape index (κ1) is 57.2. The van der Waals surface area contributed by atoms with Gasteiger partial charge in [0.25, 0.3) is 11.7 Å². The summed E-state index contributed by atoms with van der Waals surface area (Å²) in [5.41, 5.74) is 1.24. The van der Waals surface area contributed by atoms with E-state index in [1.165, 1.54) is 12.0 Å². The number of cyclic esters (lactones) is 1. The molecule has 68 heavy (non-hydrogen) atoms. The van der Waals surface area contributed by atoms with Gasteiger partial charge in [0.15, 0.2) is 5.78 Å². The molecule has 0 aromatic rings. The molecule has 15 atom stereocenters. The molecule has 2 bridgehead atoms. The van der Waals surface area contributed by atoms with Crippen LogP contribution in [-0.4, -0.2) is 145 Å². The number of hydrogen-bond donors (Lipinski definition) is 3. The molecule has 4 rings (SSSR count). The Bertz CT molecular complexity index is 1810. The molecule has 0 aromatic heterocycles. The number of rotatable bonds is 9. The maximum Gasteiger partial charge on any atom is 0.329 e. The molecule has 4 aliphatic rings. The first-order chi connectivity index (χ1) is 32.2. The van der Waals surface area contributed by atoms with Gasteiger partial charge in [0, 0.05) is 58.5 Å². The molecule has 1 amide bonds. The molecular formula is C53H83NO14. The lowest BCUT2D eigenvalue weighted by molar-refractivity contribution is -0.266. The van der Waals surface area contributed by atoms with Crippen molar-refractivity contribution in [1.82, 2.24) is 4.90 Å². The SMILES string of the molecule is COCCO[C@H]1C[C@@H]2CC[C@@H](C)[C@@](O)(O2)C(=O)C(=O)N2CCCC[C@H]2C(=O)O[C@H]([C@H](C)C[C@@H]2CC[C@@H](O)[C@H](OC)C2)CC(=O)[C@H](C)/C=C(\C)[C@@H](O)[C@@H](OC)C(=O)[C@H](C)C[C@H](C)/C=C/C=CC=C1C. The van der Waals surface area contributed by atoms with Crippen LogP contribution in [0.5, 0.6) is 0 Å². The van der Waals surface area contributed by atoms with E-state index >= 15 is 0 Å². The van der Waals surface area contributed by atoms with Crippen LogP contribution in [0.2, 0.25) is 0 Å². The van der Waals surface area contributed by atoms with Crippen LogP contribution in [-0.2, 0) is 52.4 Å². The number of ketones is 3. The molecule has 3 fully saturated rings. The van der Waals surface area contributed by atoms with Gasteiger partial charge in [0.05, 0.1) is 37.6 Å². The Balaban J connectivity index is 1.72. The summed E-state index contributed by atoms with van der Waals surface area (Å²) < 4.78 is 35.1. The monoisotopic (exact) mass is 958 g/mol. The summed E-state index contributed by atoms with van der Waals surface area (Å²) in [5.74, 6) is -8.09. The van der Waals surface area contributed by atoms with E-state index in [1.54, 1.807) is 41.1 Å². The maximum absolute atomic E-state index is 14.4. The van der Waals surface area contributed by atoms with Crippen LogP contribution in [0.3, 0.4) is 0 Å².